The van der Waals surface area contributed by atoms with Gasteiger partial charge >= 0.3 is 0 Å². The van der Waals surface area contributed by atoms with Gasteiger partial charge in [0, 0.05) is 13.1 Å². The summed E-state index contributed by atoms with van der Waals surface area (Å²) in [6, 6.07) is 7.53. The number of methoxy groups -OCH3 is 1. The zero-order valence-corrected chi connectivity index (χ0v) is 15.0. The van der Waals surface area contributed by atoms with Crippen LogP contribution in [0, 0.1) is 0 Å². The van der Waals surface area contributed by atoms with Gasteiger partial charge in [0.25, 0.3) is 5.91 Å². The van der Waals surface area contributed by atoms with Crippen LogP contribution in [0.4, 0.5) is 5.82 Å². The Kier molecular flexibility index (Phi) is 7.16. The molecule has 25 heavy (non-hydrogen) atoms. The predicted octanol–water partition coefficient (Wildman–Crippen LogP) is 1.78. The van der Waals surface area contributed by atoms with Gasteiger partial charge in [0.05, 0.1) is 19.5 Å². The van der Waals surface area contributed by atoms with Gasteiger partial charge in [0.1, 0.15) is 17.3 Å². The van der Waals surface area contributed by atoms with Crippen molar-refractivity contribution in [3.8, 4) is 5.75 Å². The fourth-order valence-electron chi connectivity index (χ4n) is 2.16. The highest BCUT2D eigenvalue weighted by atomic mass is 16.5. The first-order valence-corrected chi connectivity index (χ1v) is 8.20. The molecule has 0 aliphatic rings. The fraction of sp³-hybridized carbons (Fsp3) is 0.389. The Hall–Kier alpha value is -2.67. The molecular weight excluding hydrogens is 318 g/mol. The summed E-state index contributed by atoms with van der Waals surface area (Å²) in [6.07, 6.45) is 4.08. The maximum Gasteiger partial charge on any atom is 0.271 e. The molecule has 2 aromatic rings. The molecule has 0 unspecified atom stereocenters. The van der Waals surface area contributed by atoms with Crippen molar-refractivity contribution in [1.82, 2.24) is 20.2 Å². The van der Waals surface area contributed by atoms with Crippen molar-refractivity contribution >= 4 is 11.7 Å². The topological polar surface area (TPSA) is 79.4 Å². The number of hydrogen-bond donors (Lipinski definition) is 2. The number of amides is 1. The molecule has 1 heterocycles. The molecule has 7 heteroatoms. The Labute approximate surface area is 148 Å². The number of anilines is 1. The molecule has 1 aromatic heterocycles. The van der Waals surface area contributed by atoms with Crippen LogP contribution in [0.1, 0.15) is 22.5 Å². The van der Waals surface area contributed by atoms with Gasteiger partial charge in [0.15, 0.2) is 0 Å². The van der Waals surface area contributed by atoms with E-state index in [4.69, 9.17) is 4.74 Å². The van der Waals surface area contributed by atoms with Crippen molar-refractivity contribution < 1.29 is 9.53 Å². The van der Waals surface area contributed by atoms with Crippen LogP contribution in [0.2, 0.25) is 0 Å². The van der Waals surface area contributed by atoms with E-state index in [1.54, 1.807) is 13.3 Å². The molecule has 0 atom stereocenters. The highest BCUT2D eigenvalue weighted by Gasteiger charge is 2.08. The molecule has 0 saturated carbocycles. The zero-order valence-electron chi connectivity index (χ0n) is 15.0. The molecule has 7 nitrogen and oxygen atoms in total. The Morgan fingerprint density at radius 1 is 1.16 bits per heavy atom. The largest absolute Gasteiger partial charge is 0.497 e. The molecule has 0 radical (unpaired) electrons. The van der Waals surface area contributed by atoms with Crippen LogP contribution in [0.5, 0.6) is 5.75 Å². The molecule has 134 valence electrons. The van der Waals surface area contributed by atoms with Gasteiger partial charge in [-0.3, -0.25) is 4.79 Å². The van der Waals surface area contributed by atoms with Gasteiger partial charge in [-0.05, 0) is 44.8 Å². The molecule has 1 amide bonds. The molecule has 0 saturated heterocycles. The summed E-state index contributed by atoms with van der Waals surface area (Å²) in [5.41, 5.74) is 1.29. The molecule has 0 aliphatic carbocycles. The van der Waals surface area contributed by atoms with Crippen molar-refractivity contribution in [2.75, 3.05) is 39.6 Å². The van der Waals surface area contributed by atoms with Crippen molar-refractivity contribution in [2.24, 2.45) is 0 Å². The SMILES string of the molecule is COc1ccc(CNC(=O)c2cnc(NCCCN(C)C)cn2)cc1. The number of ether oxygens (including phenoxy) is 1. The summed E-state index contributed by atoms with van der Waals surface area (Å²) in [5.74, 6) is 1.21. The van der Waals surface area contributed by atoms with Gasteiger partial charge in [-0.15, -0.1) is 0 Å². The van der Waals surface area contributed by atoms with Gasteiger partial charge < -0.3 is 20.3 Å². The van der Waals surface area contributed by atoms with E-state index in [1.807, 2.05) is 38.4 Å². The van der Waals surface area contributed by atoms with Crippen molar-refractivity contribution in [1.29, 1.82) is 0 Å². The van der Waals surface area contributed by atoms with E-state index in [9.17, 15) is 4.79 Å². The first-order valence-electron chi connectivity index (χ1n) is 8.20. The molecule has 0 aliphatic heterocycles. The van der Waals surface area contributed by atoms with Crippen LogP contribution in [-0.2, 0) is 6.54 Å². The minimum atomic E-state index is -0.248. The Bertz CT molecular complexity index is 656. The standard InChI is InChI=1S/C18H25N5O2/c1-23(2)10-4-9-19-17-13-20-16(12-21-17)18(24)22-11-14-5-7-15(25-3)8-6-14/h5-8,12-13H,4,9-11H2,1-3H3,(H,19,21)(H,22,24). The molecular formula is C18H25N5O2. The number of carbonyl (C=O) groups is 1. The second-order valence-corrected chi connectivity index (χ2v) is 5.90. The van der Waals surface area contributed by atoms with E-state index in [1.165, 1.54) is 6.20 Å². The number of rotatable bonds is 9. The number of carbonyl (C=O) groups excluding carboxylic acids is 1. The average molecular weight is 343 g/mol. The highest BCUT2D eigenvalue weighted by Crippen LogP contribution is 2.11. The third-order valence-electron chi connectivity index (χ3n) is 3.58. The number of nitrogens with zero attached hydrogens (tertiary/aromatic N) is 3. The first kappa shape index (κ1) is 18.7. The quantitative estimate of drug-likeness (QED) is 0.676. The Morgan fingerprint density at radius 3 is 2.52 bits per heavy atom. The van der Waals surface area contributed by atoms with Crippen LogP contribution in [-0.4, -0.2) is 55.1 Å². The predicted molar refractivity (Wildman–Crippen MR) is 97.9 cm³/mol. The monoisotopic (exact) mass is 343 g/mol. The van der Waals surface area contributed by atoms with Crippen LogP contribution in [0.15, 0.2) is 36.7 Å². The van der Waals surface area contributed by atoms with Crippen molar-refractivity contribution in [3.63, 3.8) is 0 Å². The second kappa shape index (κ2) is 9.58. The fourth-order valence-corrected chi connectivity index (χ4v) is 2.16. The lowest BCUT2D eigenvalue weighted by atomic mass is 10.2. The van der Waals surface area contributed by atoms with E-state index >= 15 is 0 Å². The molecule has 2 rings (SSSR count). The molecule has 2 N–H and O–H groups in total. The lowest BCUT2D eigenvalue weighted by Gasteiger charge is -2.10. The van der Waals surface area contributed by atoms with Crippen LogP contribution in [0.3, 0.4) is 0 Å². The van der Waals surface area contributed by atoms with Crippen LogP contribution >= 0.6 is 0 Å². The first-order chi connectivity index (χ1) is 12.1. The summed E-state index contributed by atoms with van der Waals surface area (Å²) < 4.78 is 5.11. The third kappa shape index (κ3) is 6.39. The summed E-state index contributed by atoms with van der Waals surface area (Å²) in [5, 5.41) is 6.02. The van der Waals surface area contributed by atoms with Crippen LogP contribution < -0.4 is 15.4 Å². The molecule has 1 aromatic carbocycles. The minimum absolute atomic E-state index is 0.248. The summed E-state index contributed by atoms with van der Waals surface area (Å²) in [6.45, 7) is 2.25. The summed E-state index contributed by atoms with van der Waals surface area (Å²) in [7, 11) is 5.70. The normalized spacial score (nSPS) is 10.6. The number of benzene rings is 1. The smallest absolute Gasteiger partial charge is 0.271 e. The zero-order chi connectivity index (χ0) is 18.1. The highest BCUT2D eigenvalue weighted by molar-refractivity contribution is 5.91. The Balaban J connectivity index is 1.79. The lowest BCUT2D eigenvalue weighted by molar-refractivity contribution is 0.0945. The lowest BCUT2D eigenvalue weighted by Crippen LogP contribution is -2.24. The molecule has 0 bridgehead atoms. The second-order valence-electron chi connectivity index (χ2n) is 5.90. The molecule has 0 spiro atoms. The van der Waals surface area contributed by atoms with Crippen molar-refractivity contribution in [2.45, 2.75) is 13.0 Å². The van der Waals surface area contributed by atoms with E-state index in [2.05, 4.69) is 25.5 Å². The van der Waals surface area contributed by atoms with Gasteiger partial charge in [-0.25, -0.2) is 9.97 Å². The maximum atomic E-state index is 12.1. The van der Waals surface area contributed by atoms with Gasteiger partial charge in [-0.1, -0.05) is 12.1 Å². The number of nitrogens with one attached hydrogen (secondary N) is 2. The van der Waals surface area contributed by atoms with E-state index in [-0.39, 0.29) is 5.91 Å². The van der Waals surface area contributed by atoms with Gasteiger partial charge in [0.2, 0.25) is 0 Å². The Morgan fingerprint density at radius 2 is 1.92 bits per heavy atom. The van der Waals surface area contributed by atoms with E-state index in [0.717, 1.165) is 30.8 Å². The van der Waals surface area contributed by atoms with Crippen molar-refractivity contribution in [3.05, 3.63) is 47.9 Å². The summed E-state index contributed by atoms with van der Waals surface area (Å²) in [4.78, 5) is 22.6. The van der Waals surface area contributed by atoms with E-state index in [0.29, 0.717) is 18.1 Å². The average Bonchev–Trinajstić information content (AvgIpc) is 2.64. The maximum absolute atomic E-state index is 12.1. The summed E-state index contributed by atoms with van der Waals surface area (Å²) >= 11 is 0. The molecule has 0 fully saturated rings. The number of aromatic nitrogens is 2. The van der Waals surface area contributed by atoms with Gasteiger partial charge in [-0.2, -0.15) is 0 Å². The van der Waals surface area contributed by atoms with Crippen LogP contribution in [0.25, 0.3) is 0 Å². The third-order valence-corrected chi connectivity index (χ3v) is 3.58. The number of hydrogen-bond acceptors (Lipinski definition) is 6. The minimum Gasteiger partial charge on any atom is -0.497 e. The van der Waals surface area contributed by atoms with E-state index < -0.39 is 0 Å².